The largest absolute Gasteiger partial charge is 0.474 e. The second-order valence-electron chi connectivity index (χ2n) is 20.3. The molecule has 0 radical (unpaired) electrons. The lowest BCUT2D eigenvalue weighted by Gasteiger charge is -2.30. The molecule has 2 aliphatic carbocycles. The number of pyridine rings is 6. The third-order valence-corrected chi connectivity index (χ3v) is 12.5. The maximum absolute atomic E-state index is 12.3. The van der Waals surface area contributed by atoms with Crippen LogP contribution in [0.15, 0.2) is 61.2 Å². The summed E-state index contributed by atoms with van der Waals surface area (Å²) in [6.07, 6.45) is 14.0. The molecule has 2 atom stereocenters. The Hall–Kier alpha value is -6.20. The van der Waals surface area contributed by atoms with E-state index in [-0.39, 0.29) is 24.1 Å². The summed E-state index contributed by atoms with van der Waals surface area (Å²) >= 11 is 0. The van der Waals surface area contributed by atoms with Gasteiger partial charge in [0, 0.05) is 98.6 Å². The molecule has 0 unspecified atom stereocenters. The average Bonchev–Trinajstić information content (AvgIpc) is 4.21. The summed E-state index contributed by atoms with van der Waals surface area (Å²) in [5, 5.41) is 3.56. The van der Waals surface area contributed by atoms with Gasteiger partial charge < -0.3 is 39.9 Å². The number of cyclic esters (lactones) is 2. The Morgan fingerprint density at radius 2 is 0.985 bits per heavy atom. The van der Waals surface area contributed by atoms with Gasteiger partial charge in [0.25, 0.3) is 0 Å². The van der Waals surface area contributed by atoms with Crippen LogP contribution < -0.4 is 20.9 Å². The lowest BCUT2D eigenvalue weighted by Crippen LogP contribution is -2.38. The van der Waals surface area contributed by atoms with E-state index in [1.54, 1.807) is 51.1 Å². The van der Waals surface area contributed by atoms with Gasteiger partial charge in [0.05, 0.1) is 57.6 Å². The topological polar surface area (TPSA) is 219 Å². The summed E-state index contributed by atoms with van der Waals surface area (Å²) in [6, 6.07) is 11.4. The van der Waals surface area contributed by atoms with Crippen LogP contribution in [0, 0.1) is 0 Å². The Kier molecular flexibility index (Phi) is 12.4. The molecule has 356 valence electrons. The van der Waals surface area contributed by atoms with E-state index in [0.29, 0.717) is 61.8 Å². The van der Waals surface area contributed by atoms with Crippen LogP contribution in [0.1, 0.15) is 133 Å². The van der Waals surface area contributed by atoms with Gasteiger partial charge in [-0.15, -0.1) is 0 Å². The summed E-state index contributed by atoms with van der Waals surface area (Å²) in [6.45, 7) is 12.1. The maximum Gasteiger partial charge on any atom is 0.340 e. The molecule has 16 nitrogen and oxygen atoms in total. The molecule has 2 fully saturated rings. The third kappa shape index (κ3) is 10.3. The number of nitrogens with two attached hydrogens (primary N) is 2. The minimum atomic E-state index is -0.729. The monoisotopic (exact) mass is 924 g/mol. The summed E-state index contributed by atoms with van der Waals surface area (Å²) in [5.74, 6) is 0.520. The minimum absolute atomic E-state index is 0.222. The van der Waals surface area contributed by atoms with Gasteiger partial charge in [0.2, 0.25) is 11.8 Å². The first-order chi connectivity index (χ1) is 32.3. The SMILES string of the molecule is COC[C@@](C)(N)c1cnc(OC2CC2)c2cnc(Cc3ccc4c(n3)CC(C)(C)OC4=O)cc12.COC[C@](C)(N)c1cnc(OC2CC2)c2cnc(Cc3ccc4c(n3)CC(C)(C)OC4=O)cc12. The Balaban J connectivity index is 0.000000170. The van der Waals surface area contributed by atoms with E-state index in [1.807, 2.05) is 65.8 Å². The Morgan fingerprint density at radius 3 is 1.35 bits per heavy atom. The number of hydrogen-bond donors (Lipinski definition) is 2. The highest BCUT2D eigenvalue weighted by molar-refractivity contribution is 5.93. The average molecular weight is 925 g/mol. The van der Waals surface area contributed by atoms with Crippen LogP contribution in [0.2, 0.25) is 0 Å². The van der Waals surface area contributed by atoms with Crippen molar-refractivity contribution >= 4 is 33.5 Å². The zero-order valence-electron chi connectivity index (χ0n) is 40.1. The number of rotatable bonds is 14. The molecule has 6 aromatic rings. The van der Waals surface area contributed by atoms with Crippen LogP contribution in [0.3, 0.4) is 0 Å². The quantitative estimate of drug-likeness (QED) is 0.106. The number of nitrogens with zero attached hydrogens (tertiary/aromatic N) is 6. The number of aromatic nitrogens is 6. The van der Waals surface area contributed by atoms with Gasteiger partial charge >= 0.3 is 11.9 Å². The van der Waals surface area contributed by atoms with Crippen molar-refractivity contribution in [3.8, 4) is 11.8 Å². The molecule has 8 heterocycles. The smallest absolute Gasteiger partial charge is 0.340 e. The fraction of sp³-hybridized carbons (Fsp3) is 0.462. The highest BCUT2D eigenvalue weighted by Crippen LogP contribution is 2.37. The van der Waals surface area contributed by atoms with Crippen LogP contribution in [0.4, 0.5) is 0 Å². The highest BCUT2D eigenvalue weighted by Gasteiger charge is 2.36. The molecule has 0 saturated heterocycles. The number of methoxy groups -OCH3 is 2. The van der Waals surface area contributed by atoms with Crippen molar-refractivity contribution in [2.45, 2.75) is 127 Å². The molecule has 2 saturated carbocycles. The molecule has 4 aliphatic rings. The van der Waals surface area contributed by atoms with E-state index >= 15 is 0 Å². The standard InChI is InChI=1S/2C26H30N4O4/c2*1-25(2)11-22-18(24(31)34-25)8-5-15(30-22)9-16-10-19-20(12-28-16)23(33-17-6-7-17)29-13-21(19)26(3,27)14-32-4/h2*5,8,10,12-13,17H,6-7,9,11,14,27H2,1-4H3/t2*26-/m10/s1. The fourth-order valence-electron chi connectivity index (χ4n) is 8.84. The van der Waals surface area contributed by atoms with Gasteiger partial charge in [-0.2, -0.15) is 0 Å². The first-order valence-corrected chi connectivity index (χ1v) is 23.2. The maximum atomic E-state index is 12.3. The molecule has 16 heteroatoms. The number of ether oxygens (including phenoxy) is 6. The van der Waals surface area contributed by atoms with E-state index < -0.39 is 22.3 Å². The van der Waals surface area contributed by atoms with Crippen molar-refractivity contribution in [1.82, 2.24) is 29.9 Å². The summed E-state index contributed by atoms with van der Waals surface area (Å²) in [4.78, 5) is 52.7. The van der Waals surface area contributed by atoms with Crippen LogP contribution in [0.5, 0.6) is 11.8 Å². The summed E-state index contributed by atoms with van der Waals surface area (Å²) in [5.41, 5.74) is 18.3. The molecule has 4 N–H and O–H groups in total. The first kappa shape index (κ1) is 46.9. The van der Waals surface area contributed by atoms with Crippen LogP contribution in [0.25, 0.3) is 21.5 Å². The molecule has 68 heavy (non-hydrogen) atoms. The van der Waals surface area contributed by atoms with E-state index in [1.165, 1.54) is 0 Å². The Bertz CT molecular complexity index is 2730. The molecule has 0 aromatic carbocycles. The number of carbonyl (C=O) groups is 2. The third-order valence-electron chi connectivity index (χ3n) is 12.5. The van der Waals surface area contributed by atoms with Crippen molar-refractivity contribution in [3.63, 3.8) is 0 Å². The first-order valence-electron chi connectivity index (χ1n) is 23.2. The van der Waals surface area contributed by atoms with E-state index in [9.17, 15) is 9.59 Å². The van der Waals surface area contributed by atoms with Gasteiger partial charge in [-0.1, -0.05) is 0 Å². The molecule has 2 aliphatic heterocycles. The number of esters is 2. The molecule has 0 amide bonds. The molecule has 0 spiro atoms. The lowest BCUT2D eigenvalue weighted by molar-refractivity contribution is -0.00841. The second-order valence-corrected chi connectivity index (χ2v) is 20.3. The fourth-order valence-corrected chi connectivity index (χ4v) is 8.84. The minimum Gasteiger partial charge on any atom is -0.474 e. The number of fused-ring (bicyclic) bond motifs is 4. The highest BCUT2D eigenvalue weighted by atomic mass is 16.6. The van der Waals surface area contributed by atoms with Crippen molar-refractivity contribution < 1.29 is 38.0 Å². The van der Waals surface area contributed by atoms with E-state index in [4.69, 9.17) is 59.8 Å². The van der Waals surface area contributed by atoms with Gasteiger partial charge in [-0.3, -0.25) is 19.9 Å². The Labute approximate surface area is 395 Å². The van der Waals surface area contributed by atoms with Gasteiger partial charge in [0.1, 0.15) is 23.4 Å². The number of hydrogen-bond acceptors (Lipinski definition) is 16. The van der Waals surface area contributed by atoms with Gasteiger partial charge in [-0.05, 0) is 114 Å². The predicted molar refractivity (Wildman–Crippen MR) is 254 cm³/mol. The molecule has 10 rings (SSSR count). The lowest BCUT2D eigenvalue weighted by atomic mass is 9.91. The van der Waals surface area contributed by atoms with Gasteiger partial charge in [0.15, 0.2) is 0 Å². The van der Waals surface area contributed by atoms with Crippen molar-refractivity contribution in [1.29, 1.82) is 0 Å². The van der Waals surface area contributed by atoms with Crippen molar-refractivity contribution in [2.75, 3.05) is 27.4 Å². The van der Waals surface area contributed by atoms with Crippen LogP contribution >= 0.6 is 0 Å². The van der Waals surface area contributed by atoms with E-state index in [0.717, 1.165) is 92.5 Å². The zero-order chi connectivity index (χ0) is 48.2. The van der Waals surface area contributed by atoms with Crippen molar-refractivity contribution in [2.24, 2.45) is 11.5 Å². The second kappa shape index (κ2) is 18.0. The molecule has 0 bridgehead atoms. The van der Waals surface area contributed by atoms with E-state index in [2.05, 4.69) is 9.97 Å². The predicted octanol–water partition coefficient (Wildman–Crippen LogP) is 6.94. The van der Waals surface area contributed by atoms with Crippen LogP contribution in [-0.2, 0) is 55.7 Å². The molecule has 6 aromatic heterocycles. The normalized spacial score (nSPS) is 18.8. The zero-order valence-corrected chi connectivity index (χ0v) is 40.1. The molecular weight excluding hydrogens is 865 g/mol. The Morgan fingerprint density at radius 1 is 0.588 bits per heavy atom. The number of carbonyl (C=O) groups excluding carboxylic acids is 2. The summed E-state index contributed by atoms with van der Waals surface area (Å²) in [7, 11) is 3.27. The van der Waals surface area contributed by atoms with Crippen molar-refractivity contribution in [3.05, 3.63) is 118 Å². The van der Waals surface area contributed by atoms with Crippen LogP contribution in [-0.4, -0.2) is 92.7 Å². The van der Waals surface area contributed by atoms with Gasteiger partial charge in [-0.25, -0.2) is 19.6 Å². The molecular formula is C52H60N8O8. The summed E-state index contributed by atoms with van der Waals surface area (Å²) < 4.78 is 33.8.